The molecule has 5 heteroatoms. The summed E-state index contributed by atoms with van der Waals surface area (Å²) in [7, 11) is 0. The van der Waals surface area contributed by atoms with E-state index in [1.807, 2.05) is 30.3 Å². The second-order valence-corrected chi connectivity index (χ2v) is 7.60. The molecule has 0 radical (unpaired) electrons. The predicted molar refractivity (Wildman–Crippen MR) is 98.9 cm³/mol. The minimum atomic E-state index is -0.921. The summed E-state index contributed by atoms with van der Waals surface area (Å²) < 4.78 is 0.796. The highest BCUT2D eigenvalue weighted by molar-refractivity contribution is 9.10. The minimum absolute atomic E-state index is 0.0639. The lowest BCUT2D eigenvalue weighted by Crippen LogP contribution is -2.30. The summed E-state index contributed by atoms with van der Waals surface area (Å²) in [5, 5.41) is 13.8. The second kappa shape index (κ2) is 5.94. The molecule has 1 aliphatic carbocycles. The molecule has 2 aromatic rings. The van der Waals surface area contributed by atoms with E-state index in [0.717, 1.165) is 27.7 Å². The number of rotatable bonds is 2. The van der Waals surface area contributed by atoms with Gasteiger partial charge in [-0.2, -0.15) is 0 Å². The molecule has 122 valence electrons. The second-order valence-electron chi connectivity index (χ2n) is 6.25. The highest BCUT2D eigenvalue weighted by Crippen LogP contribution is 2.51. The fourth-order valence-corrected chi connectivity index (χ4v) is 4.43. The first-order valence-electron chi connectivity index (χ1n) is 7.80. The van der Waals surface area contributed by atoms with Crippen LogP contribution in [0.25, 0.3) is 0 Å². The highest BCUT2D eigenvalue weighted by Gasteiger charge is 2.39. The molecule has 3 atom stereocenters. The van der Waals surface area contributed by atoms with Gasteiger partial charge in [0.2, 0.25) is 0 Å². The van der Waals surface area contributed by atoms with Gasteiger partial charge >= 0.3 is 5.97 Å². The quantitative estimate of drug-likeness (QED) is 0.638. The van der Waals surface area contributed by atoms with Crippen LogP contribution in [0.15, 0.2) is 53.0 Å². The number of carboxylic acid groups (broad SMARTS) is 1. The Hall–Kier alpha value is -1.78. The largest absolute Gasteiger partial charge is 0.478 e. The van der Waals surface area contributed by atoms with E-state index in [2.05, 4.69) is 33.4 Å². The van der Waals surface area contributed by atoms with Crippen molar-refractivity contribution < 1.29 is 9.90 Å². The Kier molecular flexibility index (Phi) is 3.89. The number of halogens is 2. The maximum absolute atomic E-state index is 11.7. The number of allylic oxidation sites excluding steroid dienone is 2. The molecule has 0 saturated heterocycles. The summed E-state index contributed by atoms with van der Waals surface area (Å²) in [6, 6.07) is 11.5. The van der Waals surface area contributed by atoms with Crippen LogP contribution in [0.3, 0.4) is 0 Å². The molecule has 2 aliphatic rings. The first-order valence-corrected chi connectivity index (χ1v) is 8.97. The molecule has 0 fully saturated rings. The van der Waals surface area contributed by atoms with Gasteiger partial charge in [-0.15, -0.1) is 0 Å². The first-order chi connectivity index (χ1) is 11.5. The monoisotopic (exact) mass is 403 g/mol. The lowest BCUT2D eigenvalue weighted by molar-refractivity contribution is 0.0697. The number of hydrogen-bond acceptors (Lipinski definition) is 2. The number of aromatic carboxylic acids is 1. The molecule has 0 amide bonds. The van der Waals surface area contributed by atoms with Gasteiger partial charge in [0.25, 0.3) is 0 Å². The van der Waals surface area contributed by atoms with Gasteiger partial charge in [0, 0.05) is 15.4 Å². The molecular formula is C19H15BrClNO2. The van der Waals surface area contributed by atoms with Gasteiger partial charge in [-0.3, -0.25) is 0 Å². The average molecular weight is 405 g/mol. The van der Waals surface area contributed by atoms with Crippen molar-refractivity contribution in [3.63, 3.8) is 0 Å². The van der Waals surface area contributed by atoms with Crippen LogP contribution in [0.2, 0.25) is 5.02 Å². The van der Waals surface area contributed by atoms with Crippen LogP contribution >= 0.6 is 27.5 Å². The SMILES string of the molecule is O=C(O)c1cc(Br)cc2c1N[C@@H](c1ccc(Cl)cc1)[C@@H]1CC=C[C@H]21. The van der Waals surface area contributed by atoms with Crippen molar-refractivity contribution in [1.82, 2.24) is 0 Å². The Labute approximate surface area is 153 Å². The number of carboxylic acids is 1. The predicted octanol–water partition coefficient (Wildman–Crippen LogP) is 5.63. The van der Waals surface area contributed by atoms with Crippen molar-refractivity contribution in [1.29, 1.82) is 0 Å². The van der Waals surface area contributed by atoms with Crippen LogP contribution in [0, 0.1) is 5.92 Å². The van der Waals surface area contributed by atoms with Gasteiger partial charge in [0.05, 0.1) is 17.3 Å². The maximum Gasteiger partial charge on any atom is 0.337 e. The Morgan fingerprint density at radius 3 is 2.71 bits per heavy atom. The molecule has 0 spiro atoms. The Morgan fingerprint density at radius 1 is 1.25 bits per heavy atom. The van der Waals surface area contributed by atoms with Crippen LogP contribution in [0.4, 0.5) is 5.69 Å². The van der Waals surface area contributed by atoms with Crippen LogP contribution in [-0.2, 0) is 0 Å². The molecule has 1 aliphatic heterocycles. The third-order valence-electron chi connectivity index (χ3n) is 4.89. The first kappa shape index (κ1) is 15.7. The highest BCUT2D eigenvalue weighted by atomic mass is 79.9. The number of nitrogens with one attached hydrogen (secondary N) is 1. The number of benzene rings is 2. The molecule has 0 saturated carbocycles. The zero-order valence-electron chi connectivity index (χ0n) is 12.7. The van der Waals surface area contributed by atoms with Gasteiger partial charge in [-0.1, -0.05) is 51.8 Å². The van der Waals surface area contributed by atoms with Crippen molar-refractivity contribution in [2.45, 2.75) is 18.4 Å². The van der Waals surface area contributed by atoms with Gasteiger partial charge in [-0.05, 0) is 47.7 Å². The Balaban J connectivity index is 1.86. The fourth-order valence-electron chi connectivity index (χ4n) is 3.83. The minimum Gasteiger partial charge on any atom is -0.478 e. The van der Waals surface area contributed by atoms with E-state index in [4.69, 9.17) is 11.6 Å². The summed E-state index contributed by atoms with van der Waals surface area (Å²) in [4.78, 5) is 11.7. The van der Waals surface area contributed by atoms with Crippen LogP contribution in [0.5, 0.6) is 0 Å². The average Bonchev–Trinajstić information content (AvgIpc) is 3.04. The molecule has 1 heterocycles. The molecule has 0 bridgehead atoms. The molecule has 4 rings (SSSR count). The Morgan fingerprint density at radius 2 is 2.00 bits per heavy atom. The van der Waals surface area contributed by atoms with Crippen LogP contribution in [-0.4, -0.2) is 11.1 Å². The normalized spacial score (nSPS) is 24.2. The van der Waals surface area contributed by atoms with Crippen molar-refractivity contribution in [3.05, 3.63) is 74.7 Å². The number of anilines is 1. The summed E-state index contributed by atoms with van der Waals surface area (Å²) in [6.07, 6.45) is 5.36. The maximum atomic E-state index is 11.7. The molecule has 2 N–H and O–H groups in total. The van der Waals surface area contributed by atoms with Crippen molar-refractivity contribution in [3.8, 4) is 0 Å². The van der Waals surface area contributed by atoms with Crippen molar-refractivity contribution in [2.75, 3.05) is 5.32 Å². The zero-order chi connectivity index (χ0) is 16.8. The van der Waals surface area contributed by atoms with E-state index in [1.54, 1.807) is 6.07 Å². The number of fused-ring (bicyclic) bond motifs is 3. The molecule has 2 aromatic carbocycles. The van der Waals surface area contributed by atoms with Gasteiger partial charge < -0.3 is 10.4 Å². The number of carbonyl (C=O) groups is 1. The molecule has 24 heavy (non-hydrogen) atoms. The van der Waals surface area contributed by atoms with E-state index in [-0.39, 0.29) is 12.0 Å². The lowest BCUT2D eigenvalue weighted by atomic mass is 9.76. The van der Waals surface area contributed by atoms with Gasteiger partial charge in [0.15, 0.2) is 0 Å². The van der Waals surface area contributed by atoms with E-state index >= 15 is 0 Å². The molecule has 0 unspecified atom stereocenters. The van der Waals surface area contributed by atoms with E-state index < -0.39 is 5.97 Å². The van der Waals surface area contributed by atoms with Crippen molar-refractivity contribution >= 4 is 39.2 Å². The summed E-state index contributed by atoms with van der Waals surface area (Å²) in [6.45, 7) is 0. The van der Waals surface area contributed by atoms with E-state index in [1.165, 1.54) is 0 Å². The van der Waals surface area contributed by atoms with Crippen molar-refractivity contribution in [2.24, 2.45) is 5.92 Å². The van der Waals surface area contributed by atoms with E-state index in [9.17, 15) is 9.90 Å². The smallest absolute Gasteiger partial charge is 0.337 e. The van der Waals surface area contributed by atoms with Crippen LogP contribution < -0.4 is 5.32 Å². The molecule has 0 aromatic heterocycles. The standard InChI is InChI=1S/C19H15BrClNO2/c20-11-8-15-13-2-1-3-14(13)17(10-4-6-12(21)7-5-10)22-18(15)16(9-11)19(23)24/h1-2,4-9,13-14,17,22H,3H2,(H,23,24)/t13-,14+,17-/m0/s1. The topological polar surface area (TPSA) is 49.3 Å². The fraction of sp³-hybridized carbons (Fsp3) is 0.211. The third kappa shape index (κ3) is 2.54. The lowest BCUT2D eigenvalue weighted by Gasteiger charge is -2.38. The third-order valence-corrected chi connectivity index (χ3v) is 5.60. The zero-order valence-corrected chi connectivity index (χ0v) is 15.0. The Bertz CT molecular complexity index is 847. The summed E-state index contributed by atoms with van der Waals surface area (Å²) >= 11 is 9.46. The molecule has 3 nitrogen and oxygen atoms in total. The van der Waals surface area contributed by atoms with E-state index in [0.29, 0.717) is 16.5 Å². The summed E-state index contributed by atoms with van der Waals surface area (Å²) in [5.41, 5.74) is 3.20. The van der Waals surface area contributed by atoms with Crippen LogP contribution in [0.1, 0.15) is 39.9 Å². The number of hydrogen-bond donors (Lipinski definition) is 2. The molecular weight excluding hydrogens is 390 g/mol. The summed E-state index contributed by atoms with van der Waals surface area (Å²) in [5.74, 6) is -0.331. The van der Waals surface area contributed by atoms with Gasteiger partial charge in [0.1, 0.15) is 0 Å². The van der Waals surface area contributed by atoms with Gasteiger partial charge in [-0.25, -0.2) is 4.79 Å².